The summed E-state index contributed by atoms with van der Waals surface area (Å²) in [7, 11) is 1.62. The van der Waals surface area contributed by atoms with Gasteiger partial charge in [0.25, 0.3) is 5.91 Å². The van der Waals surface area contributed by atoms with Crippen LogP contribution in [-0.4, -0.2) is 32.3 Å². The number of methoxy groups -OCH3 is 1. The SMILES string of the molecule is COc1ccc(C(=O)NC[C@H]2CCCO2)cc1C. The summed E-state index contributed by atoms with van der Waals surface area (Å²) >= 11 is 0. The summed E-state index contributed by atoms with van der Waals surface area (Å²) < 4.78 is 10.6. The van der Waals surface area contributed by atoms with E-state index >= 15 is 0 Å². The number of aryl methyl sites for hydroxylation is 1. The molecule has 0 spiro atoms. The molecule has 1 saturated heterocycles. The molecule has 1 aliphatic heterocycles. The maximum atomic E-state index is 11.9. The first-order valence-electron chi connectivity index (χ1n) is 6.25. The van der Waals surface area contributed by atoms with Gasteiger partial charge in [-0.25, -0.2) is 0 Å². The molecule has 0 aromatic heterocycles. The maximum Gasteiger partial charge on any atom is 0.251 e. The summed E-state index contributed by atoms with van der Waals surface area (Å²) in [5.41, 5.74) is 1.62. The summed E-state index contributed by atoms with van der Waals surface area (Å²) in [6.07, 6.45) is 2.29. The second kappa shape index (κ2) is 5.87. The van der Waals surface area contributed by atoms with Crippen molar-refractivity contribution in [3.05, 3.63) is 29.3 Å². The fraction of sp³-hybridized carbons (Fsp3) is 0.500. The highest BCUT2D eigenvalue weighted by molar-refractivity contribution is 5.94. The first-order chi connectivity index (χ1) is 8.70. The lowest BCUT2D eigenvalue weighted by atomic mass is 10.1. The largest absolute Gasteiger partial charge is 0.496 e. The van der Waals surface area contributed by atoms with E-state index in [-0.39, 0.29) is 12.0 Å². The van der Waals surface area contributed by atoms with Gasteiger partial charge in [0.05, 0.1) is 13.2 Å². The van der Waals surface area contributed by atoms with Gasteiger partial charge in [-0.15, -0.1) is 0 Å². The summed E-state index contributed by atoms with van der Waals surface area (Å²) in [6, 6.07) is 5.43. The number of hydrogen-bond donors (Lipinski definition) is 1. The van der Waals surface area contributed by atoms with Gasteiger partial charge in [-0.1, -0.05) is 0 Å². The van der Waals surface area contributed by atoms with Gasteiger partial charge in [0.2, 0.25) is 0 Å². The van der Waals surface area contributed by atoms with Crippen molar-refractivity contribution < 1.29 is 14.3 Å². The predicted molar refractivity (Wildman–Crippen MR) is 69.0 cm³/mol. The van der Waals surface area contributed by atoms with Gasteiger partial charge in [-0.3, -0.25) is 4.79 Å². The van der Waals surface area contributed by atoms with E-state index in [0.717, 1.165) is 30.8 Å². The number of benzene rings is 1. The zero-order valence-electron chi connectivity index (χ0n) is 10.9. The third-order valence-electron chi connectivity index (χ3n) is 3.17. The fourth-order valence-electron chi connectivity index (χ4n) is 2.13. The normalized spacial score (nSPS) is 18.7. The molecule has 1 atom stereocenters. The van der Waals surface area contributed by atoms with Crippen molar-refractivity contribution in [1.82, 2.24) is 5.32 Å². The first-order valence-corrected chi connectivity index (χ1v) is 6.25. The standard InChI is InChI=1S/C14H19NO3/c1-10-8-11(5-6-13(10)17-2)14(16)15-9-12-4-3-7-18-12/h5-6,8,12H,3-4,7,9H2,1-2H3,(H,15,16)/t12-/m1/s1. The Balaban J connectivity index is 1.93. The van der Waals surface area contributed by atoms with Crippen LogP contribution < -0.4 is 10.1 Å². The van der Waals surface area contributed by atoms with Crippen LogP contribution in [0, 0.1) is 6.92 Å². The zero-order valence-corrected chi connectivity index (χ0v) is 10.9. The molecule has 0 saturated carbocycles. The van der Waals surface area contributed by atoms with Crippen molar-refractivity contribution in [2.45, 2.75) is 25.9 Å². The van der Waals surface area contributed by atoms with Crippen LogP contribution in [0.2, 0.25) is 0 Å². The minimum Gasteiger partial charge on any atom is -0.496 e. The quantitative estimate of drug-likeness (QED) is 0.886. The smallest absolute Gasteiger partial charge is 0.251 e. The van der Waals surface area contributed by atoms with E-state index in [1.807, 2.05) is 19.1 Å². The molecule has 0 aliphatic carbocycles. The van der Waals surface area contributed by atoms with E-state index in [2.05, 4.69) is 5.32 Å². The van der Waals surface area contributed by atoms with Crippen molar-refractivity contribution in [2.75, 3.05) is 20.3 Å². The Hall–Kier alpha value is -1.55. The van der Waals surface area contributed by atoms with Gasteiger partial charge in [0.15, 0.2) is 0 Å². The topological polar surface area (TPSA) is 47.6 Å². The zero-order chi connectivity index (χ0) is 13.0. The molecule has 1 aromatic carbocycles. The van der Waals surface area contributed by atoms with Gasteiger partial charge in [-0.05, 0) is 43.5 Å². The minimum absolute atomic E-state index is 0.0590. The highest BCUT2D eigenvalue weighted by Crippen LogP contribution is 2.18. The first kappa shape index (κ1) is 12.9. The Bertz CT molecular complexity index is 425. The number of ether oxygens (including phenoxy) is 2. The maximum absolute atomic E-state index is 11.9. The van der Waals surface area contributed by atoms with Crippen molar-refractivity contribution in [2.24, 2.45) is 0 Å². The van der Waals surface area contributed by atoms with Crippen LogP contribution in [0.4, 0.5) is 0 Å². The molecule has 1 aromatic rings. The number of carbonyl (C=O) groups is 1. The molecular formula is C14H19NO3. The lowest BCUT2D eigenvalue weighted by Gasteiger charge is -2.11. The average Bonchev–Trinajstić information content (AvgIpc) is 2.89. The summed E-state index contributed by atoms with van der Waals surface area (Å²) in [4.78, 5) is 11.9. The molecule has 1 aliphatic rings. The van der Waals surface area contributed by atoms with Gasteiger partial charge in [0, 0.05) is 18.7 Å². The number of carbonyl (C=O) groups excluding carboxylic acids is 1. The molecule has 18 heavy (non-hydrogen) atoms. The number of nitrogens with one attached hydrogen (secondary N) is 1. The molecule has 1 fully saturated rings. The molecule has 1 amide bonds. The van der Waals surface area contributed by atoms with Crippen molar-refractivity contribution in [3.63, 3.8) is 0 Å². The van der Waals surface area contributed by atoms with Crippen molar-refractivity contribution >= 4 is 5.91 Å². The monoisotopic (exact) mass is 249 g/mol. The molecule has 4 nitrogen and oxygen atoms in total. The van der Waals surface area contributed by atoms with E-state index in [9.17, 15) is 4.79 Å². The van der Waals surface area contributed by atoms with Crippen LogP contribution in [0.3, 0.4) is 0 Å². The summed E-state index contributed by atoms with van der Waals surface area (Å²) in [5, 5.41) is 2.90. The number of hydrogen-bond acceptors (Lipinski definition) is 3. The summed E-state index contributed by atoms with van der Waals surface area (Å²) in [6.45, 7) is 3.32. The van der Waals surface area contributed by atoms with Crippen LogP contribution in [0.15, 0.2) is 18.2 Å². The second-order valence-electron chi connectivity index (χ2n) is 4.53. The highest BCUT2D eigenvalue weighted by atomic mass is 16.5. The Kier molecular flexibility index (Phi) is 4.20. The van der Waals surface area contributed by atoms with Gasteiger partial charge < -0.3 is 14.8 Å². The van der Waals surface area contributed by atoms with Crippen molar-refractivity contribution in [1.29, 1.82) is 0 Å². The molecule has 0 unspecified atom stereocenters. The molecule has 1 N–H and O–H groups in total. The molecular weight excluding hydrogens is 230 g/mol. The van der Waals surface area contributed by atoms with Crippen LogP contribution >= 0.6 is 0 Å². The molecule has 0 radical (unpaired) electrons. The second-order valence-corrected chi connectivity index (χ2v) is 4.53. The highest BCUT2D eigenvalue weighted by Gasteiger charge is 2.16. The Labute approximate surface area is 107 Å². The average molecular weight is 249 g/mol. The van der Waals surface area contributed by atoms with Crippen LogP contribution in [0.1, 0.15) is 28.8 Å². The van der Waals surface area contributed by atoms with E-state index < -0.39 is 0 Å². The van der Waals surface area contributed by atoms with Crippen molar-refractivity contribution in [3.8, 4) is 5.75 Å². The molecule has 98 valence electrons. The number of rotatable bonds is 4. The Morgan fingerprint density at radius 1 is 1.56 bits per heavy atom. The third-order valence-corrected chi connectivity index (χ3v) is 3.17. The van der Waals surface area contributed by atoms with Crippen LogP contribution in [0.5, 0.6) is 5.75 Å². The van der Waals surface area contributed by atoms with E-state index in [1.54, 1.807) is 13.2 Å². The minimum atomic E-state index is -0.0590. The molecule has 0 bridgehead atoms. The van der Waals surface area contributed by atoms with E-state index in [1.165, 1.54) is 0 Å². The van der Waals surface area contributed by atoms with Crippen LogP contribution in [-0.2, 0) is 4.74 Å². The fourth-order valence-corrected chi connectivity index (χ4v) is 2.13. The molecule has 4 heteroatoms. The van der Waals surface area contributed by atoms with Gasteiger partial charge in [0.1, 0.15) is 5.75 Å². The molecule has 2 rings (SSSR count). The lowest BCUT2D eigenvalue weighted by Crippen LogP contribution is -2.31. The Morgan fingerprint density at radius 2 is 2.39 bits per heavy atom. The lowest BCUT2D eigenvalue weighted by molar-refractivity contribution is 0.0857. The van der Waals surface area contributed by atoms with E-state index in [4.69, 9.17) is 9.47 Å². The molecule has 1 heterocycles. The Morgan fingerprint density at radius 3 is 3.00 bits per heavy atom. The third kappa shape index (κ3) is 3.01. The van der Waals surface area contributed by atoms with Crippen LogP contribution in [0.25, 0.3) is 0 Å². The summed E-state index contributed by atoms with van der Waals surface area (Å²) in [5.74, 6) is 0.738. The number of amides is 1. The van der Waals surface area contributed by atoms with Gasteiger partial charge in [-0.2, -0.15) is 0 Å². The van der Waals surface area contributed by atoms with E-state index in [0.29, 0.717) is 12.1 Å². The predicted octanol–water partition coefficient (Wildman–Crippen LogP) is 1.91. The van der Waals surface area contributed by atoms with Gasteiger partial charge >= 0.3 is 0 Å².